The van der Waals surface area contributed by atoms with Crippen LogP contribution in [0.1, 0.15) is 16.9 Å². The Morgan fingerprint density at radius 1 is 0.962 bits per heavy atom. The van der Waals surface area contributed by atoms with Crippen LogP contribution in [0.25, 0.3) is 0 Å². The van der Waals surface area contributed by atoms with E-state index in [1.165, 1.54) is 12.1 Å². The lowest BCUT2D eigenvalue weighted by molar-refractivity contribution is -0.00000677. The second-order valence-electron chi connectivity index (χ2n) is 5.58. The maximum Gasteiger partial charge on any atom is 0.161 e. The van der Waals surface area contributed by atoms with Gasteiger partial charge in [0.15, 0.2) is 11.5 Å². The average molecular weight is 377 g/mol. The summed E-state index contributed by atoms with van der Waals surface area (Å²) in [6, 6.07) is 15.9. The van der Waals surface area contributed by atoms with E-state index in [0.717, 1.165) is 16.9 Å². The monoisotopic (exact) mass is 376 g/mol. The maximum absolute atomic E-state index is 12.9. The third-order valence-electron chi connectivity index (χ3n) is 3.74. The van der Waals surface area contributed by atoms with Gasteiger partial charge in [0.1, 0.15) is 18.2 Å². The molecule has 0 spiro atoms. The Labute approximate surface area is 158 Å². The van der Waals surface area contributed by atoms with Gasteiger partial charge in [-0.15, -0.1) is 0 Å². The van der Waals surface area contributed by atoms with E-state index in [2.05, 4.69) is 5.32 Å². The first-order chi connectivity index (χ1) is 12.2. The molecule has 1 heterocycles. The second kappa shape index (κ2) is 9.85. The predicted molar refractivity (Wildman–Crippen MR) is 93.0 cm³/mol. The Balaban J connectivity index is 0.00000243. The zero-order chi connectivity index (χ0) is 17.5. The van der Waals surface area contributed by atoms with Gasteiger partial charge in [-0.3, -0.25) is 0 Å². The van der Waals surface area contributed by atoms with Crippen LogP contribution in [-0.4, -0.2) is 7.11 Å². The fourth-order valence-electron chi connectivity index (χ4n) is 2.43. The van der Waals surface area contributed by atoms with Gasteiger partial charge in [0.05, 0.1) is 19.9 Å². The summed E-state index contributed by atoms with van der Waals surface area (Å²) < 4.78 is 29.4. The van der Waals surface area contributed by atoms with Gasteiger partial charge in [0.2, 0.25) is 0 Å². The normalized spacial score (nSPS) is 10.2. The van der Waals surface area contributed by atoms with Crippen LogP contribution >= 0.6 is 0 Å². The summed E-state index contributed by atoms with van der Waals surface area (Å²) in [6.07, 6.45) is 1.66. The molecular weight excluding hydrogens is 357 g/mol. The Bertz CT molecular complexity index is 791. The fourth-order valence-corrected chi connectivity index (χ4v) is 2.43. The first kappa shape index (κ1) is 19.8. The number of hydrogen-bond acceptors (Lipinski definition) is 4. The quantitative estimate of drug-likeness (QED) is 0.643. The van der Waals surface area contributed by atoms with E-state index >= 15 is 0 Å². The summed E-state index contributed by atoms with van der Waals surface area (Å²) in [6.45, 7) is 1.71. The molecule has 4 nitrogen and oxygen atoms in total. The zero-order valence-corrected chi connectivity index (χ0v) is 15.1. The average Bonchev–Trinajstić information content (AvgIpc) is 3.15. The number of ether oxygens (including phenoxy) is 2. The van der Waals surface area contributed by atoms with Gasteiger partial charge in [0, 0.05) is 6.54 Å². The first-order valence-corrected chi connectivity index (χ1v) is 8.02. The highest BCUT2D eigenvalue weighted by atomic mass is 35.5. The van der Waals surface area contributed by atoms with E-state index in [4.69, 9.17) is 13.9 Å². The molecule has 0 fully saturated rings. The molecule has 0 amide bonds. The Kier molecular flexibility index (Phi) is 7.51. The van der Waals surface area contributed by atoms with E-state index < -0.39 is 0 Å². The van der Waals surface area contributed by atoms with E-state index in [9.17, 15) is 4.39 Å². The molecule has 0 aliphatic rings. The van der Waals surface area contributed by atoms with Crippen molar-refractivity contribution in [3.05, 3.63) is 83.6 Å². The highest BCUT2D eigenvalue weighted by Crippen LogP contribution is 2.29. The summed E-state index contributed by atoms with van der Waals surface area (Å²) in [5.74, 6) is 1.96. The molecule has 26 heavy (non-hydrogen) atoms. The van der Waals surface area contributed by atoms with Crippen molar-refractivity contribution in [3.8, 4) is 11.5 Å². The molecule has 1 aromatic heterocycles. The van der Waals surface area contributed by atoms with Crippen LogP contribution in [0.3, 0.4) is 0 Å². The van der Waals surface area contributed by atoms with E-state index in [1.807, 2.05) is 30.3 Å². The van der Waals surface area contributed by atoms with Crippen molar-refractivity contribution >= 4 is 0 Å². The van der Waals surface area contributed by atoms with Gasteiger partial charge >= 0.3 is 0 Å². The number of methoxy groups -OCH3 is 1. The minimum atomic E-state index is -0.257. The molecule has 0 aliphatic carbocycles. The number of furan rings is 1. The minimum absolute atomic E-state index is 0. The number of nitrogens with one attached hydrogen (secondary N) is 1. The van der Waals surface area contributed by atoms with Crippen LogP contribution in [0.5, 0.6) is 11.5 Å². The zero-order valence-electron chi connectivity index (χ0n) is 14.4. The van der Waals surface area contributed by atoms with Crippen LogP contribution in [-0.2, 0) is 19.7 Å². The molecule has 3 rings (SSSR count). The maximum atomic E-state index is 12.9. The number of benzene rings is 2. The van der Waals surface area contributed by atoms with Crippen molar-refractivity contribution in [1.29, 1.82) is 0 Å². The van der Waals surface area contributed by atoms with Crippen molar-refractivity contribution in [1.82, 2.24) is 5.32 Å². The van der Waals surface area contributed by atoms with Crippen LogP contribution in [0.2, 0.25) is 0 Å². The highest BCUT2D eigenvalue weighted by molar-refractivity contribution is 5.43. The van der Waals surface area contributed by atoms with Gasteiger partial charge in [-0.1, -0.05) is 18.2 Å². The molecule has 0 saturated heterocycles. The molecule has 0 aliphatic heterocycles. The summed E-state index contributed by atoms with van der Waals surface area (Å²) >= 11 is 0. The van der Waals surface area contributed by atoms with Crippen molar-refractivity contribution in [2.75, 3.05) is 7.11 Å². The topological polar surface area (TPSA) is 43.6 Å². The molecule has 0 atom stereocenters. The van der Waals surface area contributed by atoms with Gasteiger partial charge in [0.25, 0.3) is 0 Å². The van der Waals surface area contributed by atoms with Gasteiger partial charge < -0.3 is 31.6 Å². The van der Waals surface area contributed by atoms with Crippen LogP contribution in [0, 0.1) is 5.82 Å². The van der Waals surface area contributed by atoms with Gasteiger partial charge in [-0.25, -0.2) is 4.39 Å². The number of rotatable bonds is 8. The largest absolute Gasteiger partial charge is 1.00 e. The SMILES string of the molecule is COc1cc(CNCc2ccco2)ccc1OCc1ccc(F)cc1.[Cl-]. The molecule has 0 radical (unpaired) electrons. The lowest BCUT2D eigenvalue weighted by Crippen LogP contribution is -3.00. The fraction of sp³-hybridized carbons (Fsp3) is 0.200. The second-order valence-corrected chi connectivity index (χ2v) is 5.58. The van der Waals surface area contributed by atoms with Crippen LogP contribution in [0.15, 0.2) is 65.3 Å². The number of halogens is 2. The molecule has 138 valence electrons. The molecule has 2 aromatic carbocycles. The third kappa shape index (κ3) is 5.51. The van der Waals surface area contributed by atoms with Crippen molar-refractivity contribution < 1.29 is 30.7 Å². The van der Waals surface area contributed by atoms with Crippen molar-refractivity contribution in [2.45, 2.75) is 19.7 Å². The summed E-state index contributed by atoms with van der Waals surface area (Å²) in [4.78, 5) is 0. The van der Waals surface area contributed by atoms with Gasteiger partial charge in [-0.05, 0) is 47.5 Å². The lowest BCUT2D eigenvalue weighted by Gasteiger charge is -2.12. The smallest absolute Gasteiger partial charge is 0.161 e. The first-order valence-electron chi connectivity index (χ1n) is 8.02. The molecule has 0 bridgehead atoms. The van der Waals surface area contributed by atoms with E-state index in [0.29, 0.717) is 31.2 Å². The highest BCUT2D eigenvalue weighted by Gasteiger charge is 2.07. The predicted octanol–water partition coefficient (Wildman–Crippen LogP) is 1.30. The summed E-state index contributed by atoms with van der Waals surface area (Å²) in [5.41, 5.74) is 1.98. The lowest BCUT2D eigenvalue weighted by atomic mass is 10.2. The molecule has 0 unspecified atom stereocenters. The molecule has 0 saturated carbocycles. The molecule has 1 N–H and O–H groups in total. The standard InChI is InChI=1S/C20H20FNO3.ClH/c1-23-20-11-16(12-22-13-18-3-2-10-24-18)6-9-19(20)25-14-15-4-7-17(21)8-5-15;/h2-11,22H,12-14H2,1H3;1H/p-1. The van der Waals surface area contributed by atoms with Crippen LogP contribution in [0.4, 0.5) is 4.39 Å². The summed E-state index contributed by atoms with van der Waals surface area (Å²) in [5, 5.41) is 3.31. The Hall–Kier alpha value is -2.50. The van der Waals surface area contributed by atoms with Crippen molar-refractivity contribution in [3.63, 3.8) is 0 Å². The number of hydrogen-bond donors (Lipinski definition) is 1. The molecular formula is C20H20ClFNO3-. The van der Waals surface area contributed by atoms with E-state index in [-0.39, 0.29) is 18.2 Å². The minimum Gasteiger partial charge on any atom is -1.00 e. The van der Waals surface area contributed by atoms with E-state index in [1.54, 1.807) is 25.5 Å². The van der Waals surface area contributed by atoms with Crippen LogP contribution < -0.4 is 27.2 Å². The Morgan fingerprint density at radius 2 is 1.73 bits per heavy atom. The van der Waals surface area contributed by atoms with Crippen molar-refractivity contribution in [2.24, 2.45) is 0 Å². The Morgan fingerprint density at radius 3 is 2.42 bits per heavy atom. The molecule has 6 heteroatoms. The summed E-state index contributed by atoms with van der Waals surface area (Å²) in [7, 11) is 1.61. The molecule has 3 aromatic rings. The van der Waals surface area contributed by atoms with Gasteiger partial charge in [-0.2, -0.15) is 0 Å². The third-order valence-corrected chi connectivity index (χ3v) is 3.74.